The number of anilines is 1. The van der Waals surface area contributed by atoms with Crippen LogP contribution in [0.5, 0.6) is 0 Å². The molecule has 4 aromatic rings. The van der Waals surface area contributed by atoms with Crippen LogP contribution in [0.15, 0.2) is 83.3 Å². The van der Waals surface area contributed by atoms with Gasteiger partial charge in [-0.1, -0.05) is 56.3 Å². The third kappa shape index (κ3) is 6.55. The van der Waals surface area contributed by atoms with Crippen LogP contribution in [0.4, 0.5) is 5.69 Å². The van der Waals surface area contributed by atoms with Crippen LogP contribution in [0.3, 0.4) is 0 Å². The fourth-order valence-corrected chi connectivity index (χ4v) is 3.83. The van der Waals surface area contributed by atoms with Crippen molar-refractivity contribution in [1.82, 2.24) is 15.5 Å². The molecule has 0 amide bonds. The Hall–Kier alpha value is -3.97. The van der Waals surface area contributed by atoms with Gasteiger partial charge in [0.25, 0.3) is 0 Å². The molecule has 3 N–H and O–H groups in total. The lowest BCUT2D eigenvalue weighted by Crippen LogP contribution is -2.18. The van der Waals surface area contributed by atoms with Crippen molar-refractivity contribution in [3.05, 3.63) is 90.0 Å². The number of aromatic nitrogens is 2. The largest absolute Gasteiger partial charge is 0.481 e. The second-order valence-electron chi connectivity index (χ2n) is 8.78. The van der Waals surface area contributed by atoms with E-state index < -0.39 is 5.97 Å². The Kier molecular flexibility index (Phi) is 7.90. The first-order valence-corrected chi connectivity index (χ1v) is 11.8. The minimum Gasteiger partial charge on any atom is -0.481 e. The minimum atomic E-state index is -0.793. The van der Waals surface area contributed by atoms with Gasteiger partial charge < -0.3 is 20.2 Å². The van der Waals surface area contributed by atoms with Gasteiger partial charge in [0.05, 0.1) is 12.5 Å². The molecule has 1 aromatic heterocycles. The lowest BCUT2D eigenvalue weighted by molar-refractivity contribution is -0.136. The zero-order valence-electron chi connectivity index (χ0n) is 19.9. The Bertz CT molecular complexity index is 1220. The topological polar surface area (TPSA) is 100 Å². The van der Waals surface area contributed by atoms with Gasteiger partial charge in [0.1, 0.15) is 0 Å². The molecule has 0 saturated carbocycles. The predicted molar refractivity (Wildman–Crippen MR) is 137 cm³/mol. The molecule has 0 bridgehead atoms. The number of rotatable bonds is 11. The number of hydrogen-bond acceptors (Lipinski definition) is 6. The van der Waals surface area contributed by atoms with Gasteiger partial charge in [-0.05, 0) is 53.4 Å². The molecule has 180 valence electrons. The first-order chi connectivity index (χ1) is 17.0. The van der Waals surface area contributed by atoms with E-state index in [-0.39, 0.29) is 12.5 Å². The highest BCUT2D eigenvalue weighted by atomic mass is 16.4. The molecule has 7 heteroatoms. The van der Waals surface area contributed by atoms with Crippen LogP contribution in [0, 0.1) is 5.92 Å². The molecular weight excluding hydrogens is 440 g/mol. The van der Waals surface area contributed by atoms with Crippen LogP contribution in [-0.4, -0.2) is 27.8 Å². The van der Waals surface area contributed by atoms with Crippen molar-refractivity contribution in [3.63, 3.8) is 0 Å². The molecule has 0 spiro atoms. The van der Waals surface area contributed by atoms with Gasteiger partial charge in [-0.25, -0.2) is 0 Å². The van der Waals surface area contributed by atoms with Crippen molar-refractivity contribution in [1.29, 1.82) is 0 Å². The first kappa shape index (κ1) is 24.2. The van der Waals surface area contributed by atoms with E-state index in [0.717, 1.165) is 22.4 Å². The molecule has 0 aliphatic carbocycles. The molecule has 4 rings (SSSR count). The zero-order chi connectivity index (χ0) is 24.6. The molecule has 0 radical (unpaired) electrons. The van der Waals surface area contributed by atoms with E-state index in [1.54, 1.807) is 0 Å². The zero-order valence-corrected chi connectivity index (χ0v) is 19.9. The van der Waals surface area contributed by atoms with E-state index in [2.05, 4.69) is 71.1 Å². The summed E-state index contributed by atoms with van der Waals surface area (Å²) in [7, 11) is 0. The molecule has 1 atom stereocenters. The Morgan fingerprint density at radius 2 is 1.51 bits per heavy atom. The van der Waals surface area contributed by atoms with Gasteiger partial charge in [-0.3, -0.25) is 4.79 Å². The van der Waals surface area contributed by atoms with Crippen molar-refractivity contribution in [3.8, 4) is 22.9 Å². The molecular formula is C28H30N4O3. The molecule has 0 unspecified atom stereocenters. The van der Waals surface area contributed by atoms with Crippen LogP contribution in [-0.2, 0) is 11.3 Å². The van der Waals surface area contributed by atoms with Gasteiger partial charge in [0.2, 0.25) is 11.8 Å². The Labute approximate surface area is 205 Å². The predicted octanol–water partition coefficient (Wildman–Crippen LogP) is 5.78. The van der Waals surface area contributed by atoms with Crippen molar-refractivity contribution in [2.45, 2.75) is 32.9 Å². The van der Waals surface area contributed by atoms with E-state index in [1.165, 1.54) is 5.56 Å². The summed E-state index contributed by atoms with van der Waals surface area (Å²) in [5, 5.41) is 23.9. The summed E-state index contributed by atoms with van der Waals surface area (Å²) in [4.78, 5) is 10.6. The van der Waals surface area contributed by atoms with Gasteiger partial charge in [0, 0.05) is 29.9 Å². The van der Waals surface area contributed by atoms with E-state index in [9.17, 15) is 4.79 Å². The minimum absolute atomic E-state index is 0.120. The number of carboxylic acid groups (broad SMARTS) is 1. The number of aliphatic carboxylic acids is 1. The van der Waals surface area contributed by atoms with Crippen LogP contribution >= 0.6 is 0 Å². The number of nitrogens with one attached hydrogen (secondary N) is 2. The van der Waals surface area contributed by atoms with Crippen LogP contribution in [0.25, 0.3) is 22.9 Å². The SMILES string of the molecule is CC(C)[C@H](Nc1ccc(CNCCC(=O)O)cc1)c1ccc(-c2nnc(-c3ccccc3)o2)cc1. The molecule has 0 aliphatic heterocycles. The molecule has 0 saturated heterocycles. The number of carbonyl (C=O) groups is 1. The maximum Gasteiger partial charge on any atom is 0.304 e. The van der Waals surface area contributed by atoms with Gasteiger partial charge in [-0.15, -0.1) is 10.2 Å². The normalized spacial score (nSPS) is 12.0. The standard InChI is InChI=1S/C28H30N4O3/c1-19(2)26(30-24-14-8-20(9-15-24)18-29-17-16-25(33)34)21-10-12-23(13-11-21)28-32-31-27(35-28)22-6-4-3-5-7-22/h3-15,19,26,29-30H,16-18H2,1-2H3,(H,33,34)/t26-/m0/s1. The monoisotopic (exact) mass is 470 g/mol. The fraction of sp³-hybridized carbons (Fsp3) is 0.250. The maximum atomic E-state index is 10.6. The highest BCUT2D eigenvalue weighted by Crippen LogP contribution is 2.29. The molecule has 35 heavy (non-hydrogen) atoms. The summed E-state index contributed by atoms with van der Waals surface area (Å²) in [5.74, 6) is 0.578. The Balaban J connectivity index is 1.40. The van der Waals surface area contributed by atoms with Crippen molar-refractivity contribution >= 4 is 11.7 Å². The quantitative estimate of drug-likeness (QED) is 0.239. The fourth-order valence-electron chi connectivity index (χ4n) is 3.83. The van der Waals surface area contributed by atoms with E-state index in [0.29, 0.717) is 30.8 Å². The first-order valence-electron chi connectivity index (χ1n) is 11.8. The van der Waals surface area contributed by atoms with Crippen molar-refractivity contribution < 1.29 is 14.3 Å². The number of nitrogens with zero attached hydrogens (tertiary/aromatic N) is 2. The average Bonchev–Trinajstić information content (AvgIpc) is 3.37. The van der Waals surface area contributed by atoms with E-state index in [4.69, 9.17) is 9.52 Å². The smallest absolute Gasteiger partial charge is 0.304 e. The average molecular weight is 471 g/mol. The summed E-state index contributed by atoms with van der Waals surface area (Å²) in [6, 6.07) is 26.3. The maximum absolute atomic E-state index is 10.6. The summed E-state index contributed by atoms with van der Waals surface area (Å²) in [6.45, 7) is 5.48. The molecule has 1 heterocycles. The van der Waals surface area contributed by atoms with Gasteiger partial charge in [-0.2, -0.15) is 0 Å². The summed E-state index contributed by atoms with van der Waals surface area (Å²) in [6.07, 6.45) is 0.120. The van der Waals surface area contributed by atoms with Crippen molar-refractivity contribution in [2.75, 3.05) is 11.9 Å². The number of carboxylic acids is 1. The summed E-state index contributed by atoms with van der Waals surface area (Å²) < 4.78 is 5.89. The second-order valence-corrected chi connectivity index (χ2v) is 8.78. The van der Waals surface area contributed by atoms with E-state index in [1.807, 2.05) is 42.5 Å². The number of hydrogen-bond donors (Lipinski definition) is 3. The second kappa shape index (κ2) is 11.4. The lowest BCUT2D eigenvalue weighted by atomic mass is 9.94. The van der Waals surface area contributed by atoms with Crippen LogP contribution in [0.2, 0.25) is 0 Å². The van der Waals surface area contributed by atoms with Crippen LogP contribution in [0.1, 0.15) is 37.4 Å². The van der Waals surface area contributed by atoms with Crippen LogP contribution < -0.4 is 10.6 Å². The Morgan fingerprint density at radius 3 is 2.11 bits per heavy atom. The highest BCUT2D eigenvalue weighted by Gasteiger charge is 2.17. The Morgan fingerprint density at radius 1 is 0.886 bits per heavy atom. The summed E-state index contributed by atoms with van der Waals surface area (Å²) >= 11 is 0. The highest BCUT2D eigenvalue weighted by molar-refractivity contribution is 5.66. The third-order valence-corrected chi connectivity index (χ3v) is 5.75. The van der Waals surface area contributed by atoms with Gasteiger partial charge in [0.15, 0.2) is 0 Å². The molecule has 0 aliphatic rings. The van der Waals surface area contributed by atoms with Gasteiger partial charge >= 0.3 is 5.97 Å². The molecule has 7 nitrogen and oxygen atoms in total. The molecule has 0 fully saturated rings. The molecule has 3 aromatic carbocycles. The lowest BCUT2D eigenvalue weighted by Gasteiger charge is -2.24. The van der Waals surface area contributed by atoms with Crippen molar-refractivity contribution in [2.24, 2.45) is 5.92 Å². The summed E-state index contributed by atoms with van der Waals surface area (Å²) in [5.41, 5.74) is 5.10. The third-order valence-electron chi connectivity index (χ3n) is 5.75. The number of benzene rings is 3. The van der Waals surface area contributed by atoms with E-state index >= 15 is 0 Å².